The summed E-state index contributed by atoms with van der Waals surface area (Å²) in [6.45, 7) is 5.08. The van der Waals surface area contributed by atoms with Gasteiger partial charge in [0, 0.05) is 10.0 Å². The highest BCUT2D eigenvalue weighted by Gasteiger charge is 2.13. The highest BCUT2D eigenvalue weighted by Crippen LogP contribution is 2.28. The maximum atomic E-state index is 12.6. The summed E-state index contributed by atoms with van der Waals surface area (Å²) in [4.78, 5) is 17.3. The van der Waals surface area contributed by atoms with E-state index in [1.54, 1.807) is 19.2 Å². The van der Waals surface area contributed by atoms with Gasteiger partial charge in [0.15, 0.2) is 11.5 Å². The molecule has 0 bridgehead atoms. The maximum Gasteiger partial charge on any atom is 0.251 e. The summed E-state index contributed by atoms with van der Waals surface area (Å²) in [5.74, 6) is 2.00. The molecule has 174 valence electrons. The van der Waals surface area contributed by atoms with E-state index in [0.717, 1.165) is 33.3 Å². The quantitative estimate of drug-likeness (QED) is 0.279. The van der Waals surface area contributed by atoms with Crippen molar-refractivity contribution < 1.29 is 14.3 Å². The zero-order chi connectivity index (χ0) is 23.9. The zero-order valence-electron chi connectivity index (χ0n) is 19.0. The third kappa shape index (κ3) is 5.48. The minimum atomic E-state index is -0.147. The number of fused-ring (bicyclic) bond motifs is 1. The molecule has 0 atom stereocenters. The molecule has 0 aliphatic heterocycles. The number of imidazole rings is 1. The van der Waals surface area contributed by atoms with Crippen molar-refractivity contribution in [1.29, 1.82) is 0 Å². The first-order valence-electron chi connectivity index (χ1n) is 11.0. The number of hydrogen-bond acceptors (Lipinski definition) is 4. The lowest BCUT2D eigenvalue weighted by Gasteiger charge is -2.14. The Morgan fingerprint density at radius 3 is 2.68 bits per heavy atom. The summed E-state index contributed by atoms with van der Waals surface area (Å²) in [7, 11) is 1.63. The molecule has 0 saturated heterocycles. The monoisotopic (exact) mass is 519 g/mol. The Morgan fingerprint density at radius 2 is 1.91 bits per heavy atom. The average Bonchev–Trinajstić information content (AvgIpc) is 3.21. The summed E-state index contributed by atoms with van der Waals surface area (Å²) < 4.78 is 14.6. The average molecular weight is 520 g/mol. The fourth-order valence-corrected chi connectivity index (χ4v) is 4.01. The van der Waals surface area contributed by atoms with Crippen LogP contribution in [-0.4, -0.2) is 29.2 Å². The lowest BCUT2D eigenvalue weighted by molar-refractivity contribution is 0.0949. The van der Waals surface area contributed by atoms with E-state index in [2.05, 4.69) is 32.4 Å². The Balaban J connectivity index is 1.47. The summed E-state index contributed by atoms with van der Waals surface area (Å²) in [6, 6.07) is 21.1. The number of para-hydroxylation sites is 2. The Labute approximate surface area is 207 Å². The van der Waals surface area contributed by atoms with Gasteiger partial charge in [-0.3, -0.25) is 4.79 Å². The Morgan fingerprint density at radius 1 is 1.12 bits per heavy atom. The van der Waals surface area contributed by atoms with Crippen LogP contribution in [0.25, 0.3) is 11.0 Å². The molecule has 0 unspecified atom stereocenters. The van der Waals surface area contributed by atoms with Gasteiger partial charge in [-0.1, -0.05) is 40.2 Å². The molecule has 4 rings (SSSR count). The minimum absolute atomic E-state index is 0.147. The van der Waals surface area contributed by atoms with Crippen molar-refractivity contribution in [3.63, 3.8) is 0 Å². The number of carbonyl (C=O) groups excluding carboxylic acids is 1. The van der Waals surface area contributed by atoms with Gasteiger partial charge in [-0.05, 0) is 60.5 Å². The number of hydrogen-bond donors (Lipinski definition) is 1. The maximum absolute atomic E-state index is 12.6. The van der Waals surface area contributed by atoms with Gasteiger partial charge in [0.05, 0.1) is 31.2 Å². The molecular weight excluding hydrogens is 494 g/mol. The summed E-state index contributed by atoms with van der Waals surface area (Å²) >= 11 is 3.39. The van der Waals surface area contributed by atoms with Crippen LogP contribution in [0.1, 0.15) is 21.7 Å². The first-order chi connectivity index (χ1) is 16.6. The largest absolute Gasteiger partial charge is 0.493 e. The van der Waals surface area contributed by atoms with Crippen molar-refractivity contribution in [2.45, 2.75) is 19.5 Å². The molecule has 1 aromatic heterocycles. The first-order valence-corrected chi connectivity index (χ1v) is 11.8. The third-order valence-electron chi connectivity index (χ3n) is 5.43. The molecule has 3 aromatic carbocycles. The van der Waals surface area contributed by atoms with Gasteiger partial charge in [0.2, 0.25) is 0 Å². The molecule has 0 aliphatic rings. The Bertz CT molecular complexity index is 1300. The molecule has 0 radical (unpaired) electrons. The number of carbonyl (C=O) groups is 1. The fraction of sp³-hybridized carbons (Fsp3) is 0.185. The number of methoxy groups -OCH3 is 1. The van der Waals surface area contributed by atoms with E-state index in [1.807, 2.05) is 60.7 Å². The topological polar surface area (TPSA) is 65.4 Å². The van der Waals surface area contributed by atoms with Crippen molar-refractivity contribution in [2.75, 3.05) is 13.7 Å². The van der Waals surface area contributed by atoms with E-state index in [0.29, 0.717) is 36.8 Å². The number of ether oxygens (including phenoxy) is 2. The van der Waals surface area contributed by atoms with Crippen LogP contribution in [0.15, 0.2) is 83.9 Å². The number of halogens is 1. The highest BCUT2D eigenvalue weighted by atomic mass is 79.9. The second-order valence-electron chi connectivity index (χ2n) is 7.68. The third-order valence-corrected chi connectivity index (χ3v) is 5.96. The molecule has 1 amide bonds. The molecule has 7 heteroatoms. The van der Waals surface area contributed by atoms with Gasteiger partial charge in [-0.25, -0.2) is 4.98 Å². The number of nitrogens with zero attached hydrogens (tertiary/aromatic N) is 2. The highest BCUT2D eigenvalue weighted by molar-refractivity contribution is 9.10. The number of aromatic nitrogens is 2. The molecule has 1 N–H and O–H groups in total. The van der Waals surface area contributed by atoms with E-state index >= 15 is 0 Å². The van der Waals surface area contributed by atoms with Crippen LogP contribution in [0.3, 0.4) is 0 Å². The molecule has 6 nitrogen and oxygen atoms in total. The number of benzene rings is 3. The van der Waals surface area contributed by atoms with Gasteiger partial charge in [0.25, 0.3) is 5.91 Å². The van der Waals surface area contributed by atoms with Crippen LogP contribution in [0.5, 0.6) is 11.5 Å². The second kappa shape index (κ2) is 11.0. The molecule has 1 heterocycles. The summed E-state index contributed by atoms with van der Waals surface area (Å²) in [6.07, 6.45) is 2.63. The normalized spacial score (nSPS) is 10.8. The first kappa shape index (κ1) is 23.6. The van der Waals surface area contributed by atoms with Gasteiger partial charge in [-0.2, -0.15) is 0 Å². The molecule has 0 aliphatic carbocycles. The van der Waals surface area contributed by atoms with Gasteiger partial charge in [-0.15, -0.1) is 6.58 Å². The van der Waals surface area contributed by atoms with Crippen LogP contribution in [-0.2, 0) is 19.5 Å². The molecule has 34 heavy (non-hydrogen) atoms. The van der Waals surface area contributed by atoms with Crippen molar-refractivity contribution in [1.82, 2.24) is 14.9 Å². The van der Waals surface area contributed by atoms with E-state index in [1.165, 1.54) is 0 Å². The standard InChI is InChI=1S/C27H26BrN3O3/c1-3-6-19-9-14-24(25(17-19)33-2)34-16-15-31-23-8-5-4-7-22(23)30-26(31)18-29-27(32)20-10-12-21(28)13-11-20/h3-5,7-14,17H,1,6,15-16,18H2,2H3,(H,29,32). The Hall–Kier alpha value is -3.58. The van der Waals surface area contributed by atoms with Gasteiger partial charge in [0.1, 0.15) is 12.4 Å². The van der Waals surface area contributed by atoms with Crippen molar-refractivity contribution in [3.05, 3.63) is 101 Å². The smallest absolute Gasteiger partial charge is 0.251 e. The van der Waals surface area contributed by atoms with Crippen LogP contribution in [0.4, 0.5) is 0 Å². The number of nitrogens with one attached hydrogen (secondary N) is 1. The van der Waals surface area contributed by atoms with E-state index in [9.17, 15) is 4.79 Å². The molecule has 0 saturated carbocycles. The van der Waals surface area contributed by atoms with Crippen molar-refractivity contribution >= 4 is 32.9 Å². The molecule has 0 spiro atoms. The van der Waals surface area contributed by atoms with Crippen LogP contribution >= 0.6 is 15.9 Å². The van der Waals surface area contributed by atoms with Crippen molar-refractivity contribution in [3.8, 4) is 11.5 Å². The molecule has 0 fully saturated rings. The number of rotatable bonds is 10. The second-order valence-corrected chi connectivity index (χ2v) is 8.60. The number of allylic oxidation sites excluding steroid dienone is 1. The lowest BCUT2D eigenvalue weighted by atomic mass is 10.1. The summed E-state index contributed by atoms with van der Waals surface area (Å²) in [5.41, 5.74) is 3.58. The van der Waals surface area contributed by atoms with Crippen LogP contribution in [0, 0.1) is 0 Å². The lowest BCUT2D eigenvalue weighted by Crippen LogP contribution is -2.25. The summed E-state index contributed by atoms with van der Waals surface area (Å²) in [5, 5.41) is 2.97. The van der Waals surface area contributed by atoms with Crippen LogP contribution in [0.2, 0.25) is 0 Å². The van der Waals surface area contributed by atoms with E-state index < -0.39 is 0 Å². The predicted octanol–water partition coefficient (Wildman–Crippen LogP) is 5.54. The number of amides is 1. The molecular formula is C27H26BrN3O3. The van der Waals surface area contributed by atoms with E-state index in [-0.39, 0.29) is 5.91 Å². The molecule has 4 aromatic rings. The zero-order valence-corrected chi connectivity index (χ0v) is 20.5. The fourth-order valence-electron chi connectivity index (χ4n) is 3.74. The van der Waals surface area contributed by atoms with Crippen LogP contribution < -0.4 is 14.8 Å². The van der Waals surface area contributed by atoms with Crippen molar-refractivity contribution in [2.24, 2.45) is 0 Å². The Kier molecular flexibility index (Phi) is 7.65. The van der Waals surface area contributed by atoms with E-state index in [4.69, 9.17) is 14.5 Å². The SMILES string of the molecule is C=CCc1ccc(OCCn2c(CNC(=O)c3ccc(Br)cc3)nc3ccccc32)c(OC)c1. The van der Waals surface area contributed by atoms with Gasteiger partial charge >= 0.3 is 0 Å². The predicted molar refractivity (Wildman–Crippen MR) is 137 cm³/mol. The van der Waals surface area contributed by atoms with Gasteiger partial charge < -0.3 is 19.4 Å². The minimum Gasteiger partial charge on any atom is -0.493 e.